The van der Waals surface area contributed by atoms with E-state index in [-0.39, 0.29) is 0 Å². The zero-order valence-electron chi connectivity index (χ0n) is 6.88. The van der Waals surface area contributed by atoms with Crippen LogP contribution in [-0.4, -0.2) is 38.0 Å². The van der Waals surface area contributed by atoms with E-state index in [1.807, 2.05) is 0 Å². The fourth-order valence-electron chi connectivity index (χ4n) is 1.22. The molecule has 1 aliphatic rings. The van der Waals surface area contributed by atoms with Gasteiger partial charge in [0.15, 0.2) is 0 Å². The number of hydrazine groups is 1. The smallest absolute Gasteiger partial charge is 0.0567 e. The molecule has 1 rings (SSSR count). The van der Waals surface area contributed by atoms with Gasteiger partial charge in [0.1, 0.15) is 0 Å². The van der Waals surface area contributed by atoms with Gasteiger partial charge in [-0.3, -0.25) is 0 Å². The summed E-state index contributed by atoms with van der Waals surface area (Å²) in [5, 5.41) is 2.17. The lowest BCUT2D eigenvalue weighted by molar-refractivity contribution is 0.0703. The Morgan fingerprint density at radius 3 is 2.45 bits per heavy atom. The monoisotopic (exact) mass is 159 g/mol. The van der Waals surface area contributed by atoms with Crippen molar-refractivity contribution >= 4 is 0 Å². The molecule has 0 unspecified atom stereocenters. The Labute approximate surface area is 67.7 Å². The second-order valence-corrected chi connectivity index (χ2v) is 2.67. The van der Waals surface area contributed by atoms with Crippen LogP contribution in [0.3, 0.4) is 0 Å². The molecule has 0 atom stereocenters. The highest BCUT2D eigenvalue weighted by atomic mass is 16.5. The third-order valence-electron chi connectivity index (χ3n) is 1.75. The lowest BCUT2D eigenvalue weighted by Gasteiger charge is -2.24. The highest BCUT2D eigenvalue weighted by Crippen LogP contribution is 1.96. The van der Waals surface area contributed by atoms with Gasteiger partial charge >= 0.3 is 0 Å². The molecule has 1 fully saturated rings. The topological polar surface area (TPSA) is 50.5 Å². The van der Waals surface area contributed by atoms with E-state index in [9.17, 15) is 0 Å². The standard InChI is InChI=1S/C7H17N3O/c8-7-9-10-3-1-5-11-6-2-4-10/h9H,1-8H2. The van der Waals surface area contributed by atoms with Gasteiger partial charge in [-0.2, -0.15) is 0 Å². The third-order valence-corrected chi connectivity index (χ3v) is 1.75. The van der Waals surface area contributed by atoms with E-state index < -0.39 is 0 Å². The average Bonchev–Trinajstić information content (AvgIpc) is 1.94. The second kappa shape index (κ2) is 5.49. The van der Waals surface area contributed by atoms with Crippen molar-refractivity contribution in [2.75, 3.05) is 33.0 Å². The van der Waals surface area contributed by atoms with Crippen molar-refractivity contribution in [3.05, 3.63) is 0 Å². The summed E-state index contributed by atoms with van der Waals surface area (Å²) in [6.07, 6.45) is 2.18. The Bertz CT molecular complexity index is 91.7. The minimum absolute atomic E-state index is 0.529. The van der Waals surface area contributed by atoms with E-state index in [1.165, 1.54) is 0 Å². The van der Waals surface area contributed by atoms with E-state index in [0.29, 0.717) is 6.67 Å². The molecule has 0 radical (unpaired) electrons. The molecular formula is C7H17N3O. The van der Waals surface area contributed by atoms with Crippen LogP contribution in [-0.2, 0) is 4.74 Å². The van der Waals surface area contributed by atoms with E-state index in [4.69, 9.17) is 10.5 Å². The Balaban J connectivity index is 2.15. The van der Waals surface area contributed by atoms with Crippen molar-refractivity contribution in [2.45, 2.75) is 12.8 Å². The number of hydrogen-bond acceptors (Lipinski definition) is 4. The van der Waals surface area contributed by atoms with Crippen molar-refractivity contribution in [2.24, 2.45) is 5.73 Å². The van der Waals surface area contributed by atoms with Crippen LogP contribution in [0.15, 0.2) is 0 Å². The fourth-order valence-corrected chi connectivity index (χ4v) is 1.22. The molecule has 0 bridgehead atoms. The minimum atomic E-state index is 0.529. The van der Waals surface area contributed by atoms with Gasteiger partial charge < -0.3 is 10.5 Å². The Hall–Kier alpha value is -0.160. The third kappa shape index (κ3) is 3.67. The largest absolute Gasteiger partial charge is 0.381 e. The van der Waals surface area contributed by atoms with Crippen LogP contribution >= 0.6 is 0 Å². The molecule has 1 heterocycles. The maximum absolute atomic E-state index is 5.37. The molecule has 11 heavy (non-hydrogen) atoms. The number of nitrogens with two attached hydrogens (primary N) is 1. The van der Waals surface area contributed by atoms with E-state index in [1.54, 1.807) is 0 Å². The van der Waals surface area contributed by atoms with Crippen LogP contribution in [0, 0.1) is 0 Å². The van der Waals surface area contributed by atoms with Gasteiger partial charge in [-0.15, -0.1) is 0 Å². The summed E-state index contributed by atoms with van der Waals surface area (Å²) in [5.41, 5.74) is 8.47. The summed E-state index contributed by atoms with van der Waals surface area (Å²) in [7, 11) is 0. The van der Waals surface area contributed by atoms with Crippen molar-refractivity contribution < 1.29 is 4.74 Å². The van der Waals surface area contributed by atoms with Crippen molar-refractivity contribution in [1.29, 1.82) is 0 Å². The summed E-state index contributed by atoms with van der Waals surface area (Å²) in [6, 6.07) is 0. The number of hydrogen-bond donors (Lipinski definition) is 2. The molecule has 0 aromatic rings. The number of rotatable bonds is 2. The van der Waals surface area contributed by atoms with Crippen LogP contribution < -0.4 is 11.2 Å². The Morgan fingerprint density at radius 2 is 1.91 bits per heavy atom. The van der Waals surface area contributed by atoms with E-state index in [0.717, 1.165) is 39.1 Å². The zero-order chi connectivity index (χ0) is 7.94. The molecule has 0 amide bonds. The summed E-state index contributed by atoms with van der Waals surface area (Å²) >= 11 is 0. The molecule has 0 aromatic heterocycles. The normalized spacial score (nSPS) is 22.6. The lowest BCUT2D eigenvalue weighted by Crippen LogP contribution is -2.43. The van der Waals surface area contributed by atoms with Gasteiger partial charge in [-0.05, 0) is 12.8 Å². The van der Waals surface area contributed by atoms with Crippen LogP contribution in [0.1, 0.15) is 12.8 Å². The molecule has 4 heteroatoms. The summed E-state index contributed by atoms with van der Waals surface area (Å²) in [5.74, 6) is 0. The number of nitrogens with one attached hydrogen (secondary N) is 1. The van der Waals surface area contributed by atoms with Crippen molar-refractivity contribution in [1.82, 2.24) is 10.4 Å². The average molecular weight is 159 g/mol. The first-order valence-corrected chi connectivity index (χ1v) is 4.20. The molecule has 4 nitrogen and oxygen atoms in total. The first-order valence-electron chi connectivity index (χ1n) is 4.20. The summed E-state index contributed by atoms with van der Waals surface area (Å²) < 4.78 is 5.32. The van der Waals surface area contributed by atoms with Gasteiger partial charge in [0, 0.05) is 26.3 Å². The maximum Gasteiger partial charge on any atom is 0.0567 e. The second-order valence-electron chi connectivity index (χ2n) is 2.67. The summed E-state index contributed by atoms with van der Waals surface area (Å²) in [6.45, 7) is 4.36. The van der Waals surface area contributed by atoms with E-state index >= 15 is 0 Å². The van der Waals surface area contributed by atoms with E-state index in [2.05, 4.69) is 10.4 Å². The summed E-state index contributed by atoms with van der Waals surface area (Å²) in [4.78, 5) is 0. The van der Waals surface area contributed by atoms with Crippen LogP contribution in [0.5, 0.6) is 0 Å². The lowest BCUT2D eigenvalue weighted by atomic mass is 10.3. The van der Waals surface area contributed by atoms with Crippen LogP contribution in [0.4, 0.5) is 0 Å². The molecule has 0 aliphatic carbocycles. The predicted octanol–water partition coefficient (Wildman–Crippen LogP) is -0.480. The quantitative estimate of drug-likeness (QED) is 0.534. The number of ether oxygens (including phenoxy) is 1. The Kier molecular flexibility index (Phi) is 4.45. The maximum atomic E-state index is 5.37. The van der Waals surface area contributed by atoms with Crippen molar-refractivity contribution in [3.8, 4) is 0 Å². The van der Waals surface area contributed by atoms with Gasteiger partial charge in [0.25, 0.3) is 0 Å². The molecule has 66 valence electrons. The molecule has 0 spiro atoms. The first-order chi connectivity index (χ1) is 5.43. The highest BCUT2D eigenvalue weighted by Gasteiger charge is 2.05. The fraction of sp³-hybridized carbons (Fsp3) is 1.00. The minimum Gasteiger partial charge on any atom is -0.381 e. The van der Waals surface area contributed by atoms with Gasteiger partial charge in [-0.25, -0.2) is 10.4 Å². The zero-order valence-corrected chi connectivity index (χ0v) is 6.88. The predicted molar refractivity (Wildman–Crippen MR) is 43.8 cm³/mol. The van der Waals surface area contributed by atoms with Gasteiger partial charge in [-0.1, -0.05) is 0 Å². The molecule has 1 saturated heterocycles. The molecular weight excluding hydrogens is 142 g/mol. The van der Waals surface area contributed by atoms with Crippen molar-refractivity contribution in [3.63, 3.8) is 0 Å². The molecule has 1 aliphatic heterocycles. The molecule has 3 N–H and O–H groups in total. The molecule has 0 saturated carbocycles. The van der Waals surface area contributed by atoms with Gasteiger partial charge in [0.2, 0.25) is 0 Å². The molecule has 0 aromatic carbocycles. The highest BCUT2D eigenvalue weighted by molar-refractivity contribution is 4.55. The van der Waals surface area contributed by atoms with Gasteiger partial charge in [0.05, 0.1) is 6.67 Å². The van der Waals surface area contributed by atoms with Crippen LogP contribution in [0.2, 0.25) is 0 Å². The SMILES string of the molecule is NCNN1CCCOCCC1. The van der Waals surface area contributed by atoms with Crippen LogP contribution in [0.25, 0.3) is 0 Å². The first kappa shape index (κ1) is 8.93. The number of nitrogens with zero attached hydrogens (tertiary/aromatic N) is 1. The Morgan fingerprint density at radius 1 is 1.27 bits per heavy atom.